The Morgan fingerprint density at radius 2 is 1.68 bits per heavy atom. The molecule has 8 heteroatoms. The molecule has 0 aromatic carbocycles. The summed E-state index contributed by atoms with van der Waals surface area (Å²) in [4.78, 5) is 47.9. The number of likely N-dealkylation sites (tertiary alicyclic amines) is 1. The highest BCUT2D eigenvalue weighted by atomic mass is 16.5. The van der Waals surface area contributed by atoms with Crippen LogP contribution in [0, 0.1) is 11.8 Å². The number of hydrogen-bond donors (Lipinski definition) is 1. The Bertz CT molecular complexity index is 935. The second kappa shape index (κ2) is 11.3. The molecule has 1 N–H and O–H groups in total. The van der Waals surface area contributed by atoms with Crippen molar-refractivity contribution in [2.45, 2.75) is 95.9 Å². The van der Waals surface area contributed by atoms with Gasteiger partial charge in [0, 0.05) is 38.8 Å². The van der Waals surface area contributed by atoms with Crippen molar-refractivity contribution >= 4 is 17.7 Å². The summed E-state index contributed by atoms with van der Waals surface area (Å²) in [5.41, 5.74) is -2.13. The predicted molar refractivity (Wildman–Crippen MR) is 141 cm³/mol. The smallest absolute Gasteiger partial charge is 0.249 e. The number of hydrogen-bond acceptors (Lipinski definition) is 5. The van der Waals surface area contributed by atoms with Crippen LogP contribution in [0.2, 0.25) is 0 Å². The van der Waals surface area contributed by atoms with Crippen LogP contribution in [-0.2, 0) is 19.1 Å². The molecule has 4 rings (SSSR count). The van der Waals surface area contributed by atoms with Crippen molar-refractivity contribution in [2.75, 3.05) is 32.8 Å². The van der Waals surface area contributed by atoms with Gasteiger partial charge in [0.05, 0.1) is 17.4 Å². The summed E-state index contributed by atoms with van der Waals surface area (Å²) >= 11 is 0. The van der Waals surface area contributed by atoms with E-state index in [2.05, 4.69) is 13.8 Å². The second-order valence-electron chi connectivity index (χ2n) is 11.4. The fourth-order valence-electron chi connectivity index (χ4n) is 7.02. The van der Waals surface area contributed by atoms with E-state index in [0.29, 0.717) is 26.2 Å². The Kier molecular flexibility index (Phi) is 8.48. The van der Waals surface area contributed by atoms with Crippen LogP contribution < -0.4 is 0 Å². The summed E-state index contributed by atoms with van der Waals surface area (Å²) in [6.07, 6.45) is 13.7. The zero-order valence-corrected chi connectivity index (χ0v) is 23.0. The van der Waals surface area contributed by atoms with Crippen LogP contribution in [0.25, 0.3) is 0 Å². The van der Waals surface area contributed by atoms with Gasteiger partial charge < -0.3 is 24.5 Å². The molecule has 4 aliphatic heterocycles. The van der Waals surface area contributed by atoms with Crippen molar-refractivity contribution in [3.8, 4) is 0 Å². The maximum Gasteiger partial charge on any atom is 0.249 e. The van der Waals surface area contributed by atoms with Crippen molar-refractivity contribution in [3.05, 3.63) is 24.3 Å². The van der Waals surface area contributed by atoms with Gasteiger partial charge in [0.2, 0.25) is 17.7 Å². The van der Waals surface area contributed by atoms with Gasteiger partial charge in [0.15, 0.2) is 0 Å². The first-order valence-corrected chi connectivity index (χ1v) is 14.3. The number of carbonyl (C=O) groups is 3. The molecule has 2 unspecified atom stereocenters. The molecule has 3 amide bonds. The number of amides is 3. The highest BCUT2D eigenvalue weighted by molar-refractivity contribution is 6.00. The van der Waals surface area contributed by atoms with Crippen LogP contribution in [0.1, 0.15) is 72.6 Å². The van der Waals surface area contributed by atoms with E-state index >= 15 is 0 Å². The summed E-state index contributed by atoms with van der Waals surface area (Å²) in [6.45, 7) is 10.3. The molecule has 4 heterocycles. The third kappa shape index (κ3) is 4.76. The third-order valence-corrected chi connectivity index (χ3v) is 8.71. The molecule has 37 heavy (non-hydrogen) atoms. The Hall–Kier alpha value is -2.19. The number of aliphatic hydroxyl groups excluding tert-OH is 1. The van der Waals surface area contributed by atoms with Crippen molar-refractivity contribution in [2.24, 2.45) is 11.8 Å². The number of fused-ring (bicyclic) bond motifs is 2. The number of unbranched alkanes of at least 4 members (excludes halogenated alkanes) is 3. The molecule has 0 aromatic rings. The van der Waals surface area contributed by atoms with Crippen molar-refractivity contribution < 1.29 is 24.2 Å². The molecule has 0 aliphatic carbocycles. The molecule has 6 atom stereocenters. The van der Waals surface area contributed by atoms with Crippen molar-refractivity contribution in [3.63, 3.8) is 0 Å². The van der Waals surface area contributed by atoms with Crippen molar-refractivity contribution in [1.82, 2.24) is 14.7 Å². The van der Waals surface area contributed by atoms with Crippen LogP contribution in [0.3, 0.4) is 0 Å². The molecule has 0 radical (unpaired) electrons. The van der Waals surface area contributed by atoms with E-state index in [1.165, 1.54) is 0 Å². The minimum Gasteiger partial charge on any atom is -0.396 e. The highest BCUT2D eigenvalue weighted by Crippen LogP contribution is 2.57. The molecule has 1 spiro atoms. The number of carbonyl (C=O) groups excluding carboxylic acids is 3. The van der Waals surface area contributed by atoms with Gasteiger partial charge >= 0.3 is 0 Å². The maximum atomic E-state index is 14.3. The summed E-state index contributed by atoms with van der Waals surface area (Å²) in [6, 6.07) is -0.743. The molecular formula is C29H45N3O5. The zero-order chi connectivity index (χ0) is 26.8. The Labute approximate surface area is 221 Å². The fraction of sp³-hybridized carbons (Fsp3) is 0.759. The fourth-order valence-corrected chi connectivity index (χ4v) is 7.02. The minimum absolute atomic E-state index is 0.0434. The standard InChI is InChI=1S/C29H45N3O5/c1-5-13-21(3)31-19-12-15-29-23(22-25(34)30(16-6-2)17-11-14-28(22,4)37-29)26(35)32(24(29)27(31)36)18-9-7-8-10-20-33/h11-12,14-15,21-24,33H,5-10,13,16-20H2,1-4H3/t21?,22-,23+,24?,28+,29+/m1/s1. The number of rotatable bonds is 11. The van der Waals surface area contributed by atoms with E-state index in [-0.39, 0.29) is 30.4 Å². The lowest BCUT2D eigenvalue weighted by Crippen LogP contribution is -2.57. The Morgan fingerprint density at radius 1 is 0.946 bits per heavy atom. The largest absolute Gasteiger partial charge is 0.396 e. The maximum absolute atomic E-state index is 14.3. The number of ether oxygens (including phenoxy) is 1. The monoisotopic (exact) mass is 515 g/mol. The van der Waals surface area contributed by atoms with E-state index in [1.54, 1.807) is 4.90 Å². The Balaban J connectivity index is 1.75. The lowest BCUT2D eigenvalue weighted by atomic mass is 9.74. The summed E-state index contributed by atoms with van der Waals surface area (Å²) in [5.74, 6) is -1.71. The van der Waals surface area contributed by atoms with Gasteiger partial charge in [-0.3, -0.25) is 14.4 Å². The van der Waals surface area contributed by atoms with Gasteiger partial charge in [-0.15, -0.1) is 0 Å². The molecule has 0 saturated carbocycles. The van der Waals surface area contributed by atoms with Crippen molar-refractivity contribution in [1.29, 1.82) is 0 Å². The molecule has 206 valence electrons. The first-order valence-electron chi connectivity index (χ1n) is 14.3. The van der Waals surface area contributed by atoms with Gasteiger partial charge in [-0.05, 0) is 39.5 Å². The molecule has 2 saturated heterocycles. The van der Waals surface area contributed by atoms with Gasteiger partial charge in [-0.1, -0.05) is 57.4 Å². The van der Waals surface area contributed by atoms with E-state index in [4.69, 9.17) is 9.84 Å². The average molecular weight is 516 g/mol. The predicted octanol–water partition coefficient (Wildman–Crippen LogP) is 2.91. The highest BCUT2D eigenvalue weighted by Gasteiger charge is 2.74. The Morgan fingerprint density at radius 3 is 2.38 bits per heavy atom. The molecule has 0 aromatic heterocycles. The number of aliphatic hydroxyl groups is 1. The van der Waals surface area contributed by atoms with Crippen LogP contribution in [0.5, 0.6) is 0 Å². The number of nitrogens with zero attached hydrogens (tertiary/aromatic N) is 3. The zero-order valence-electron chi connectivity index (χ0n) is 23.0. The summed E-state index contributed by atoms with van der Waals surface area (Å²) < 4.78 is 6.87. The van der Waals surface area contributed by atoms with Crippen LogP contribution in [0.4, 0.5) is 0 Å². The topological polar surface area (TPSA) is 90.4 Å². The molecule has 2 fully saturated rings. The lowest BCUT2D eigenvalue weighted by molar-refractivity contribution is -0.153. The first-order chi connectivity index (χ1) is 17.8. The SMILES string of the molecule is CCCC(C)N1CC=C[C@]23O[C@@]4(C)C=CCN(CCC)C(=O)[C@H]4[C@H]2C(=O)N(CCCCCCO)C3C1=O. The van der Waals surface area contributed by atoms with E-state index in [9.17, 15) is 14.4 Å². The van der Waals surface area contributed by atoms with E-state index in [1.807, 2.05) is 48.0 Å². The second-order valence-corrected chi connectivity index (χ2v) is 11.4. The third-order valence-electron chi connectivity index (χ3n) is 8.71. The lowest BCUT2D eigenvalue weighted by Gasteiger charge is -2.38. The minimum atomic E-state index is -1.17. The average Bonchev–Trinajstić information content (AvgIpc) is 3.12. The van der Waals surface area contributed by atoms with Gasteiger partial charge in [0.1, 0.15) is 11.6 Å². The van der Waals surface area contributed by atoms with E-state index < -0.39 is 29.1 Å². The van der Waals surface area contributed by atoms with Gasteiger partial charge in [0.25, 0.3) is 0 Å². The van der Waals surface area contributed by atoms with Crippen LogP contribution >= 0.6 is 0 Å². The summed E-state index contributed by atoms with van der Waals surface area (Å²) in [7, 11) is 0. The molecule has 8 nitrogen and oxygen atoms in total. The molecular weight excluding hydrogens is 470 g/mol. The van der Waals surface area contributed by atoms with Gasteiger partial charge in [-0.25, -0.2) is 0 Å². The van der Waals surface area contributed by atoms with Crippen LogP contribution in [0.15, 0.2) is 24.3 Å². The normalized spacial score (nSPS) is 33.9. The quantitative estimate of drug-likeness (QED) is 0.338. The van der Waals surface area contributed by atoms with Gasteiger partial charge in [-0.2, -0.15) is 0 Å². The summed E-state index contributed by atoms with van der Waals surface area (Å²) in [5, 5.41) is 9.13. The molecule has 4 aliphatic rings. The molecule has 0 bridgehead atoms. The first kappa shape index (κ1) is 27.8. The van der Waals surface area contributed by atoms with Crippen LogP contribution in [-0.4, -0.2) is 93.6 Å². The van der Waals surface area contributed by atoms with E-state index in [0.717, 1.165) is 44.9 Å².